The zero-order valence-corrected chi connectivity index (χ0v) is 22.6. The van der Waals surface area contributed by atoms with Gasteiger partial charge in [-0.15, -0.1) is 0 Å². The summed E-state index contributed by atoms with van der Waals surface area (Å²) in [4.78, 5) is 31.7. The van der Waals surface area contributed by atoms with Crippen molar-refractivity contribution >= 4 is 39.3 Å². The Morgan fingerprint density at radius 3 is 2.58 bits per heavy atom. The number of hydrogen-bond donors (Lipinski definition) is 1. The molecule has 0 fully saturated rings. The summed E-state index contributed by atoms with van der Waals surface area (Å²) in [5.41, 5.74) is 1.56. The van der Waals surface area contributed by atoms with E-state index in [2.05, 4.69) is 20.9 Å². The molecule has 188 valence electrons. The molecule has 0 aliphatic carbocycles. The van der Waals surface area contributed by atoms with E-state index in [1.807, 2.05) is 19.1 Å². The van der Waals surface area contributed by atoms with Crippen molar-refractivity contribution in [1.82, 2.24) is 4.57 Å². The lowest BCUT2D eigenvalue weighted by Gasteiger charge is -2.24. The van der Waals surface area contributed by atoms with E-state index >= 15 is 0 Å². The number of allylic oxidation sites excluding steroid dienone is 1. The van der Waals surface area contributed by atoms with Crippen molar-refractivity contribution in [3.63, 3.8) is 0 Å². The molecule has 4 rings (SSSR count). The standard InChI is InChI=1S/C26H25BrN2O6S/c1-5-34-19-13-17(27)11-16(23(19)30)12-20-24(31)29-22(15-7-9-18(33-4)10-8-15)21(25(32)35-6-2)14(3)28-26(29)36-20/h7-13,22,30H,5-6H2,1-4H3/b20-12+. The minimum atomic E-state index is -0.733. The first-order chi connectivity index (χ1) is 17.3. The zero-order chi connectivity index (χ0) is 26.0. The largest absolute Gasteiger partial charge is 0.504 e. The molecule has 8 nitrogen and oxygen atoms in total. The van der Waals surface area contributed by atoms with Gasteiger partial charge >= 0.3 is 5.97 Å². The second-order valence-corrected chi connectivity index (χ2v) is 9.77. The molecular weight excluding hydrogens is 548 g/mol. The maximum Gasteiger partial charge on any atom is 0.338 e. The average Bonchev–Trinajstić information content (AvgIpc) is 3.15. The van der Waals surface area contributed by atoms with Crippen molar-refractivity contribution in [2.24, 2.45) is 4.99 Å². The summed E-state index contributed by atoms with van der Waals surface area (Å²) in [7, 11) is 1.57. The number of hydrogen-bond acceptors (Lipinski definition) is 8. The Bertz CT molecular complexity index is 1520. The molecule has 10 heteroatoms. The van der Waals surface area contributed by atoms with E-state index in [9.17, 15) is 14.7 Å². The predicted octanol–water partition coefficient (Wildman–Crippen LogP) is 3.67. The van der Waals surface area contributed by atoms with Gasteiger partial charge in [0.05, 0.1) is 42.2 Å². The van der Waals surface area contributed by atoms with Crippen LogP contribution in [0.2, 0.25) is 0 Å². The monoisotopic (exact) mass is 572 g/mol. The number of thiazole rings is 1. The topological polar surface area (TPSA) is 99.4 Å². The van der Waals surface area contributed by atoms with Crippen LogP contribution in [-0.4, -0.2) is 36.0 Å². The van der Waals surface area contributed by atoms with Gasteiger partial charge in [-0.3, -0.25) is 9.36 Å². The summed E-state index contributed by atoms with van der Waals surface area (Å²) >= 11 is 4.60. The van der Waals surface area contributed by atoms with Crippen molar-refractivity contribution in [3.8, 4) is 17.2 Å². The number of rotatable bonds is 7. The summed E-state index contributed by atoms with van der Waals surface area (Å²) in [6.45, 7) is 5.85. The fourth-order valence-electron chi connectivity index (χ4n) is 4.00. The minimum absolute atomic E-state index is 0.0685. The number of nitrogens with zero attached hydrogens (tertiary/aromatic N) is 2. The van der Waals surface area contributed by atoms with Crippen molar-refractivity contribution < 1.29 is 24.1 Å². The van der Waals surface area contributed by atoms with Crippen LogP contribution in [0.3, 0.4) is 0 Å². The molecule has 0 saturated heterocycles. The van der Waals surface area contributed by atoms with Gasteiger partial charge in [0, 0.05) is 10.0 Å². The molecule has 1 unspecified atom stereocenters. The lowest BCUT2D eigenvalue weighted by molar-refractivity contribution is -0.139. The number of carbonyl (C=O) groups is 1. The van der Waals surface area contributed by atoms with Crippen LogP contribution >= 0.6 is 27.3 Å². The van der Waals surface area contributed by atoms with Gasteiger partial charge in [-0.25, -0.2) is 9.79 Å². The Kier molecular flexibility index (Phi) is 7.65. The Morgan fingerprint density at radius 2 is 1.94 bits per heavy atom. The third-order valence-electron chi connectivity index (χ3n) is 5.60. The fourth-order valence-corrected chi connectivity index (χ4v) is 5.50. The first-order valence-electron chi connectivity index (χ1n) is 11.3. The summed E-state index contributed by atoms with van der Waals surface area (Å²) in [6, 6.07) is 9.81. The van der Waals surface area contributed by atoms with E-state index in [-0.39, 0.29) is 17.9 Å². The van der Waals surface area contributed by atoms with E-state index in [0.717, 1.165) is 0 Å². The average molecular weight is 573 g/mol. The Balaban J connectivity index is 1.95. The van der Waals surface area contributed by atoms with E-state index < -0.39 is 12.0 Å². The predicted molar refractivity (Wildman–Crippen MR) is 140 cm³/mol. The highest BCUT2D eigenvalue weighted by Gasteiger charge is 2.33. The van der Waals surface area contributed by atoms with E-state index in [4.69, 9.17) is 14.2 Å². The number of esters is 1. The summed E-state index contributed by atoms with van der Waals surface area (Å²) in [5, 5.41) is 10.7. The SMILES string of the molecule is CCOC(=O)C1=C(C)N=c2s/c(=C/c3cc(Br)cc(OCC)c3O)c(=O)n2C1c1ccc(OC)cc1. The van der Waals surface area contributed by atoms with Crippen molar-refractivity contribution in [1.29, 1.82) is 0 Å². The van der Waals surface area contributed by atoms with E-state index in [1.54, 1.807) is 51.3 Å². The fraction of sp³-hybridized carbons (Fsp3) is 0.269. The molecule has 1 N–H and O–H groups in total. The zero-order valence-electron chi connectivity index (χ0n) is 20.2. The second-order valence-electron chi connectivity index (χ2n) is 7.85. The van der Waals surface area contributed by atoms with Crippen molar-refractivity contribution in [2.45, 2.75) is 26.8 Å². The highest BCUT2D eigenvalue weighted by molar-refractivity contribution is 9.10. The van der Waals surface area contributed by atoms with Gasteiger partial charge in [-0.2, -0.15) is 0 Å². The molecule has 3 aromatic rings. The summed E-state index contributed by atoms with van der Waals surface area (Å²) < 4.78 is 18.6. The summed E-state index contributed by atoms with van der Waals surface area (Å²) in [5.74, 6) is 0.364. The van der Waals surface area contributed by atoms with Crippen LogP contribution in [0.4, 0.5) is 0 Å². The minimum Gasteiger partial charge on any atom is -0.504 e. The highest BCUT2D eigenvalue weighted by atomic mass is 79.9. The first kappa shape index (κ1) is 25.7. The molecule has 0 amide bonds. The third kappa shape index (κ3) is 4.83. The molecule has 2 heterocycles. The van der Waals surface area contributed by atoms with Gasteiger partial charge in [0.2, 0.25) is 0 Å². The van der Waals surface area contributed by atoms with Crippen LogP contribution in [0.1, 0.15) is 37.9 Å². The number of phenolic OH excluding ortho intramolecular Hbond substituents is 1. The van der Waals surface area contributed by atoms with Gasteiger partial charge in [-0.05, 0) is 56.7 Å². The molecular formula is C26H25BrN2O6S. The van der Waals surface area contributed by atoms with Gasteiger partial charge < -0.3 is 19.3 Å². The molecule has 36 heavy (non-hydrogen) atoms. The van der Waals surface area contributed by atoms with E-state index in [0.29, 0.717) is 54.3 Å². The molecule has 1 atom stereocenters. The first-order valence-corrected chi connectivity index (χ1v) is 12.9. The number of aromatic nitrogens is 1. The molecule has 0 saturated carbocycles. The van der Waals surface area contributed by atoms with Crippen molar-refractivity contribution in [2.75, 3.05) is 20.3 Å². The lowest BCUT2D eigenvalue weighted by atomic mass is 9.96. The second kappa shape index (κ2) is 10.7. The van der Waals surface area contributed by atoms with Crippen LogP contribution in [0.15, 0.2) is 61.9 Å². The van der Waals surface area contributed by atoms with Crippen molar-refractivity contribution in [3.05, 3.63) is 83.0 Å². The Hall–Kier alpha value is -3.37. The Labute approximate surface area is 219 Å². The Morgan fingerprint density at radius 1 is 1.22 bits per heavy atom. The number of benzene rings is 2. The van der Waals surface area contributed by atoms with Crippen LogP contribution in [0.25, 0.3) is 6.08 Å². The number of methoxy groups -OCH3 is 1. The quantitative estimate of drug-likeness (QED) is 0.434. The number of aromatic hydroxyl groups is 1. The summed E-state index contributed by atoms with van der Waals surface area (Å²) in [6.07, 6.45) is 1.60. The van der Waals surface area contributed by atoms with Crippen LogP contribution in [0, 0.1) is 0 Å². The van der Waals surface area contributed by atoms with Gasteiger partial charge in [0.15, 0.2) is 16.3 Å². The van der Waals surface area contributed by atoms with Gasteiger partial charge in [0.1, 0.15) is 5.75 Å². The van der Waals surface area contributed by atoms with Crippen LogP contribution in [-0.2, 0) is 9.53 Å². The molecule has 0 spiro atoms. The number of carbonyl (C=O) groups excluding carboxylic acids is 1. The molecule has 1 aliphatic heterocycles. The number of halogens is 1. The van der Waals surface area contributed by atoms with Crippen LogP contribution in [0.5, 0.6) is 17.2 Å². The maximum absolute atomic E-state index is 13.7. The molecule has 1 aliphatic rings. The lowest BCUT2D eigenvalue weighted by Crippen LogP contribution is -2.39. The normalized spacial score (nSPS) is 15.4. The number of phenols is 1. The molecule has 1 aromatic heterocycles. The smallest absolute Gasteiger partial charge is 0.338 e. The molecule has 0 radical (unpaired) electrons. The highest BCUT2D eigenvalue weighted by Crippen LogP contribution is 2.35. The van der Waals surface area contributed by atoms with Gasteiger partial charge in [0.25, 0.3) is 5.56 Å². The van der Waals surface area contributed by atoms with E-state index in [1.165, 1.54) is 15.9 Å². The number of fused-ring (bicyclic) bond motifs is 1. The molecule has 2 aromatic carbocycles. The number of ether oxygens (including phenoxy) is 3. The van der Waals surface area contributed by atoms with Crippen LogP contribution < -0.4 is 24.4 Å². The third-order valence-corrected chi connectivity index (χ3v) is 7.04. The molecule has 0 bridgehead atoms. The van der Waals surface area contributed by atoms with Gasteiger partial charge in [-0.1, -0.05) is 39.4 Å². The maximum atomic E-state index is 13.7.